The lowest BCUT2D eigenvalue weighted by Crippen LogP contribution is -2.39. The van der Waals surface area contributed by atoms with Crippen molar-refractivity contribution in [1.82, 2.24) is 0 Å². The molecule has 0 aliphatic carbocycles. The lowest BCUT2D eigenvalue weighted by Gasteiger charge is -2.37. The molecule has 0 amide bonds. The molecule has 0 saturated carbocycles. The second-order valence-electron chi connectivity index (χ2n) is 8.72. The molecule has 4 rings (SSSR count). The van der Waals surface area contributed by atoms with Gasteiger partial charge in [-0.25, -0.2) is 4.39 Å². The van der Waals surface area contributed by atoms with E-state index in [0.717, 1.165) is 41.9 Å². The van der Waals surface area contributed by atoms with Gasteiger partial charge in [-0.3, -0.25) is 4.79 Å². The minimum absolute atomic E-state index is 0.0461. The molecule has 1 atom stereocenters. The van der Waals surface area contributed by atoms with Gasteiger partial charge >= 0.3 is 5.97 Å². The van der Waals surface area contributed by atoms with E-state index >= 15 is 0 Å². The summed E-state index contributed by atoms with van der Waals surface area (Å²) < 4.78 is 20.3. The number of hydrogen-bond acceptors (Lipinski definition) is 4. The predicted molar refractivity (Wildman–Crippen MR) is 139 cm³/mol. The number of aliphatic carboxylic acids is 1. The second kappa shape index (κ2) is 11.6. The number of nitrogens with one attached hydrogen (secondary N) is 1. The van der Waals surface area contributed by atoms with Gasteiger partial charge in [0.15, 0.2) is 0 Å². The Kier molecular flexibility index (Phi) is 8.26. The number of ether oxygens (including phenoxy) is 1. The Bertz CT molecular complexity index is 1150. The number of carboxylic acid groups (broad SMARTS) is 1. The van der Waals surface area contributed by atoms with E-state index in [1.807, 2.05) is 48.5 Å². The van der Waals surface area contributed by atoms with E-state index in [1.165, 1.54) is 6.07 Å². The molecule has 0 bridgehead atoms. The fraction of sp³-hybridized carbons (Fsp3) is 0.321. The first kappa shape index (κ1) is 25.0. The summed E-state index contributed by atoms with van der Waals surface area (Å²) in [6.45, 7) is 4.30. The van der Waals surface area contributed by atoms with Crippen LogP contribution in [0.4, 0.5) is 21.5 Å². The summed E-state index contributed by atoms with van der Waals surface area (Å²) in [4.78, 5) is 14.1. The van der Waals surface area contributed by atoms with Crippen molar-refractivity contribution < 1.29 is 19.0 Å². The van der Waals surface area contributed by atoms with Gasteiger partial charge in [0.1, 0.15) is 5.82 Å². The molecule has 1 saturated heterocycles. The Balaban J connectivity index is 1.79. The van der Waals surface area contributed by atoms with Crippen LogP contribution in [0, 0.1) is 5.82 Å². The highest BCUT2D eigenvalue weighted by atomic mass is 35.5. The lowest BCUT2D eigenvalue weighted by molar-refractivity contribution is -0.137. The van der Waals surface area contributed by atoms with Gasteiger partial charge in [0, 0.05) is 36.7 Å². The standard InChI is InChI=1S/C28H30ClFN2O3/c1-2-32(22-12-14-35-15-13-22)27-11-8-20(23(18-28(33)34)19-6-4-3-5-7-19)16-26(27)31-25-10-9-21(29)17-24(25)30/h3-11,16-17,22-23,31H,2,12-15,18H2,1H3,(H,33,34). The number of halogens is 2. The molecule has 184 valence electrons. The van der Waals surface area contributed by atoms with Crippen LogP contribution in [0.15, 0.2) is 66.7 Å². The van der Waals surface area contributed by atoms with Crippen LogP contribution in [0.1, 0.15) is 43.2 Å². The molecule has 35 heavy (non-hydrogen) atoms. The number of hydrogen-bond donors (Lipinski definition) is 2. The largest absolute Gasteiger partial charge is 0.481 e. The van der Waals surface area contributed by atoms with Crippen LogP contribution in [0.3, 0.4) is 0 Å². The zero-order valence-corrected chi connectivity index (χ0v) is 20.5. The fourth-order valence-corrected chi connectivity index (χ4v) is 4.93. The first-order valence-electron chi connectivity index (χ1n) is 11.9. The minimum Gasteiger partial charge on any atom is -0.481 e. The van der Waals surface area contributed by atoms with Crippen molar-refractivity contribution >= 4 is 34.6 Å². The van der Waals surface area contributed by atoms with Crippen molar-refractivity contribution in [2.24, 2.45) is 0 Å². The maximum absolute atomic E-state index is 14.7. The Morgan fingerprint density at radius 1 is 1.09 bits per heavy atom. The summed E-state index contributed by atoms with van der Waals surface area (Å²) in [5.74, 6) is -1.66. The highest BCUT2D eigenvalue weighted by Crippen LogP contribution is 2.38. The van der Waals surface area contributed by atoms with Crippen molar-refractivity contribution in [2.75, 3.05) is 30.0 Å². The molecule has 3 aromatic carbocycles. The highest BCUT2D eigenvalue weighted by molar-refractivity contribution is 6.30. The van der Waals surface area contributed by atoms with Crippen LogP contribution in [-0.4, -0.2) is 36.9 Å². The molecule has 1 fully saturated rings. The van der Waals surface area contributed by atoms with Gasteiger partial charge in [-0.2, -0.15) is 0 Å². The summed E-state index contributed by atoms with van der Waals surface area (Å²) in [7, 11) is 0. The first-order valence-corrected chi connectivity index (χ1v) is 12.3. The van der Waals surface area contributed by atoms with Crippen molar-refractivity contribution in [3.8, 4) is 0 Å². The third kappa shape index (κ3) is 6.13. The monoisotopic (exact) mass is 496 g/mol. The quantitative estimate of drug-likeness (QED) is 0.340. The highest BCUT2D eigenvalue weighted by Gasteiger charge is 2.25. The summed E-state index contributed by atoms with van der Waals surface area (Å²) in [5, 5.41) is 13.2. The third-order valence-electron chi connectivity index (χ3n) is 6.49. The van der Waals surface area contributed by atoms with Gasteiger partial charge in [-0.05, 0) is 61.2 Å². The normalized spacial score (nSPS) is 14.9. The van der Waals surface area contributed by atoms with E-state index in [1.54, 1.807) is 12.1 Å². The number of benzene rings is 3. The number of carboxylic acids is 1. The van der Waals surface area contributed by atoms with Crippen LogP contribution in [-0.2, 0) is 9.53 Å². The number of anilines is 3. The molecule has 0 radical (unpaired) electrons. The molecular formula is C28H30ClFN2O3. The smallest absolute Gasteiger partial charge is 0.304 e. The molecule has 1 unspecified atom stereocenters. The van der Waals surface area contributed by atoms with Crippen molar-refractivity contribution in [3.63, 3.8) is 0 Å². The Morgan fingerprint density at radius 3 is 2.49 bits per heavy atom. The lowest BCUT2D eigenvalue weighted by atomic mass is 9.88. The molecule has 3 aromatic rings. The van der Waals surface area contributed by atoms with Gasteiger partial charge < -0.3 is 20.1 Å². The molecule has 1 heterocycles. The maximum Gasteiger partial charge on any atom is 0.304 e. The van der Waals surface area contributed by atoms with Crippen LogP contribution >= 0.6 is 11.6 Å². The van der Waals surface area contributed by atoms with E-state index < -0.39 is 11.8 Å². The van der Waals surface area contributed by atoms with E-state index in [-0.39, 0.29) is 12.3 Å². The van der Waals surface area contributed by atoms with Crippen molar-refractivity contribution in [3.05, 3.63) is 88.7 Å². The van der Waals surface area contributed by atoms with E-state index in [4.69, 9.17) is 16.3 Å². The average molecular weight is 497 g/mol. The predicted octanol–water partition coefficient (Wildman–Crippen LogP) is 6.83. The molecule has 0 spiro atoms. The van der Waals surface area contributed by atoms with Crippen LogP contribution in [0.25, 0.3) is 0 Å². The van der Waals surface area contributed by atoms with Crippen LogP contribution < -0.4 is 10.2 Å². The Hall–Kier alpha value is -3.09. The Morgan fingerprint density at radius 2 is 1.83 bits per heavy atom. The molecule has 7 heteroatoms. The summed E-state index contributed by atoms with van der Waals surface area (Å²) >= 11 is 5.97. The van der Waals surface area contributed by atoms with Crippen LogP contribution in [0.5, 0.6) is 0 Å². The summed E-state index contributed by atoms with van der Waals surface area (Å²) in [5.41, 5.74) is 3.75. The molecule has 0 aromatic heterocycles. The van der Waals surface area contributed by atoms with Gasteiger partial charge in [0.05, 0.1) is 23.5 Å². The molecular weight excluding hydrogens is 467 g/mol. The molecule has 2 N–H and O–H groups in total. The number of nitrogens with zero attached hydrogens (tertiary/aromatic N) is 1. The SMILES string of the molecule is CCN(c1ccc(C(CC(=O)O)c2ccccc2)cc1Nc1ccc(Cl)cc1F)C1CCOCC1. The summed E-state index contributed by atoms with van der Waals surface area (Å²) in [6, 6.07) is 20.4. The van der Waals surface area contributed by atoms with Crippen LogP contribution in [0.2, 0.25) is 5.02 Å². The first-order chi connectivity index (χ1) is 17.0. The van der Waals surface area contributed by atoms with Crippen molar-refractivity contribution in [1.29, 1.82) is 0 Å². The maximum atomic E-state index is 14.7. The van der Waals surface area contributed by atoms with E-state index in [0.29, 0.717) is 30.0 Å². The summed E-state index contributed by atoms with van der Waals surface area (Å²) in [6.07, 6.45) is 1.78. The molecule has 5 nitrogen and oxygen atoms in total. The second-order valence-corrected chi connectivity index (χ2v) is 9.15. The van der Waals surface area contributed by atoms with Gasteiger partial charge in [-0.15, -0.1) is 0 Å². The van der Waals surface area contributed by atoms with Gasteiger partial charge in [-0.1, -0.05) is 48.0 Å². The van der Waals surface area contributed by atoms with Gasteiger partial charge in [0.2, 0.25) is 0 Å². The number of carbonyl (C=O) groups is 1. The van der Waals surface area contributed by atoms with E-state index in [9.17, 15) is 14.3 Å². The van der Waals surface area contributed by atoms with Crippen molar-refractivity contribution in [2.45, 2.75) is 38.1 Å². The minimum atomic E-state index is -0.876. The van der Waals surface area contributed by atoms with Gasteiger partial charge in [0.25, 0.3) is 0 Å². The average Bonchev–Trinajstić information content (AvgIpc) is 2.86. The fourth-order valence-electron chi connectivity index (χ4n) is 4.77. The zero-order chi connectivity index (χ0) is 24.8. The molecule has 1 aliphatic heterocycles. The zero-order valence-electron chi connectivity index (χ0n) is 19.7. The topological polar surface area (TPSA) is 61.8 Å². The molecule has 1 aliphatic rings. The van der Waals surface area contributed by atoms with E-state index in [2.05, 4.69) is 17.1 Å². The third-order valence-corrected chi connectivity index (χ3v) is 6.72. The Labute approximate surface area is 210 Å². The number of rotatable bonds is 9.